The van der Waals surface area contributed by atoms with Crippen LogP contribution in [0.5, 0.6) is 0 Å². The largest absolute Gasteiger partial charge is 0.378 e. The van der Waals surface area contributed by atoms with Crippen molar-refractivity contribution in [2.75, 3.05) is 6.61 Å². The van der Waals surface area contributed by atoms with E-state index in [1.54, 1.807) is 0 Å². The van der Waals surface area contributed by atoms with Crippen LogP contribution in [0.2, 0.25) is 0 Å². The van der Waals surface area contributed by atoms with Gasteiger partial charge in [0.1, 0.15) is 5.82 Å². The van der Waals surface area contributed by atoms with E-state index in [1.807, 2.05) is 22.7 Å². The van der Waals surface area contributed by atoms with Crippen molar-refractivity contribution in [3.05, 3.63) is 28.6 Å². The molecule has 2 aromatic rings. The molecular weight excluding hydrogens is 270 g/mol. The molecule has 1 unspecified atom stereocenters. The first-order valence-corrected chi connectivity index (χ1v) is 6.23. The van der Waals surface area contributed by atoms with Gasteiger partial charge in [-0.05, 0) is 25.0 Å². The number of fused-ring (bicyclic) bond motifs is 1. The van der Waals surface area contributed by atoms with Gasteiger partial charge in [-0.3, -0.25) is 4.40 Å². The first-order valence-electron chi connectivity index (χ1n) is 5.44. The van der Waals surface area contributed by atoms with E-state index in [0.29, 0.717) is 6.10 Å². The monoisotopic (exact) mass is 281 g/mol. The standard InChI is InChI=1S/C11H12BrN3O/c12-8-3-4-15-10(6-8)13-14-11(15)7-9-2-1-5-16-9/h3-4,6,9H,1-2,5,7H2. The van der Waals surface area contributed by atoms with Crippen LogP contribution in [-0.4, -0.2) is 27.3 Å². The predicted octanol–water partition coefficient (Wildman–Crippen LogP) is 2.21. The van der Waals surface area contributed by atoms with Gasteiger partial charge in [-0.1, -0.05) is 15.9 Å². The third kappa shape index (κ3) is 1.85. The molecule has 1 atom stereocenters. The van der Waals surface area contributed by atoms with E-state index in [-0.39, 0.29) is 0 Å². The van der Waals surface area contributed by atoms with Gasteiger partial charge in [0.25, 0.3) is 0 Å². The molecule has 5 heteroatoms. The van der Waals surface area contributed by atoms with Crippen LogP contribution in [-0.2, 0) is 11.2 Å². The van der Waals surface area contributed by atoms with Gasteiger partial charge in [-0.2, -0.15) is 0 Å². The highest BCUT2D eigenvalue weighted by molar-refractivity contribution is 9.10. The molecule has 16 heavy (non-hydrogen) atoms. The minimum Gasteiger partial charge on any atom is -0.378 e. The van der Waals surface area contributed by atoms with E-state index in [1.165, 1.54) is 0 Å². The summed E-state index contributed by atoms with van der Waals surface area (Å²) in [6, 6.07) is 3.96. The maximum Gasteiger partial charge on any atom is 0.161 e. The normalized spacial score (nSPS) is 20.7. The average molecular weight is 282 g/mol. The van der Waals surface area contributed by atoms with Crippen LogP contribution < -0.4 is 0 Å². The molecule has 0 spiro atoms. The summed E-state index contributed by atoms with van der Waals surface area (Å²) in [4.78, 5) is 0. The van der Waals surface area contributed by atoms with Crippen LogP contribution in [0, 0.1) is 0 Å². The summed E-state index contributed by atoms with van der Waals surface area (Å²) < 4.78 is 8.65. The Balaban J connectivity index is 1.91. The van der Waals surface area contributed by atoms with Gasteiger partial charge < -0.3 is 4.74 Å². The van der Waals surface area contributed by atoms with Crippen molar-refractivity contribution < 1.29 is 4.74 Å². The van der Waals surface area contributed by atoms with Crippen molar-refractivity contribution in [3.63, 3.8) is 0 Å². The Morgan fingerprint density at radius 3 is 3.25 bits per heavy atom. The van der Waals surface area contributed by atoms with Crippen molar-refractivity contribution in [2.24, 2.45) is 0 Å². The van der Waals surface area contributed by atoms with E-state index in [9.17, 15) is 0 Å². The third-order valence-electron chi connectivity index (χ3n) is 2.88. The van der Waals surface area contributed by atoms with Crippen molar-refractivity contribution in [1.29, 1.82) is 0 Å². The Bertz CT molecular complexity index is 505. The topological polar surface area (TPSA) is 39.4 Å². The van der Waals surface area contributed by atoms with Crippen LogP contribution >= 0.6 is 15.9 Å². The average Bonchev–Trinajstić information content (AvgIpc) is 2.89. The molecule has 0 radical (unpaired) electrons. The minimum absolute atomic E-state index is 0.316. The Hall–Kier alpha value is -0.940. The molecule has 0 amide bonds. The zero-order valence-corrected chi connectivity index (χ0v) is 10.4. The van der Waals surface area contributed by atoms with E-state index < -0.39 is 0 Å². The molecule has 0 bridgehead atoms. The maximum atomic E-state index is 5.61. The molecule has 1 saturated heterocycles. The van der Waals surface area contributed by atoms with Gasteiger partial charge >= 0.3 is 0 Å². The molecule has 3 heterocycles. The molecule has 84 valence electrons. The summed E-state index contributed by atoms with van der Waals surface area (Å²) in [5.74, 6) is 0.981. The maximum absolute atomic E-state index is 5.61. The van der Waals surface area contributed by atoms with Gasteiger partial charge in [0, 0.05) is 23.7 Å². The van der Waals surface area contributed by atoms with Crippen molar-refractivity contribution in [3.8, 4) is 0 Å². The lowest BCUT2D eigenvalue weighted by Crippen LogP contribution is -2.11. The van der Waals surface area contributed by atoms with Gasteiger partial charge in [-0.25, -0.2) is 0 Å². The fraction of sp³-hybridized carbons (Fsp3) is 0.455. The van der Waals surface area contributed by atoms with E-state index in [4.69, 9.17) is 4.74 Å². The third-order valence-corrected chi connectivity index (χ3v) is 3.37. The first-order chi connectivity index (χ1) is 7.83. The van der Waals surface area contributed by atoms with Crippen molar-refractivity contribution in [2.45, 2.75) is 25.4 Å². The Morgan fingerprint density at radius 1 is 1.50 bits per heavy atom. The zero-order chi connectivity index (χ0) is 11.0. The van der Waals surface area contributed by atoms with Gasteiger partial charge in [-0.15, -0.1) is 10.2 Å². The number of aromatic nitrogens is 3. The number of hydrogen-bond acceptors (Lipinski definition) is 3. The second-order valence-corrected chi connectivity index (χ2v) is 4.94. The van der Waals surface area contributed by atoms with Crippen LogP contribution in [0.4, 0.5) is 0 Å². The quantitative estimate of drug-likeness (QED) is 0.847. The Labute approximate surface area is 102 Å². The summed E-state index contributed by atoms with van der Waals surface area (Å²) >= 11 is 3.42. The zero-order valence-electron chi connectivity index (χ0n) is 8.77. The number of hydrogen-bond donors (Lipinski definition) is 0. The smallest absolute Gasteiger partial charge is 0.161 e. The molecule has 2 aromatic heterocycles. The molecule has 0 saturated carbocycles. The lowest BCUT2D eigenvalue weighted by Gasteiger charge is -2.07. The highest BCUT2D eigenvalue weighted by Gasteiger charge is 2.18. The minimum atomic E-state index is 0.316. The summed E-state index contributed by atoms with van der Waals surface area (Å²) in [5, 5.41) is 8.36. The van der Waals surface area contributed by atoms with E-state index in [2.05, 4.69) is 26.1 Å². The Kier molecular flexibility index (Phi) is 2.65. The number of rotatable bonds is 2. The SMILES string of the molecule is Brc1ccn2c(CC3CCCO3)nnc2c1. The van der Waals surface area contributed by atoms with Gasteiger partial charge in [0.15, 0.2) is 5.65 Å². The first kappa shape index (κ1) is 10.2. The molecule has 4 nitrogen and oxygen atoms in total. The highest BCUT2D eigenvalue weighted by atomic mass is 79.9. The molecule has 3 rings (SSSR count). The lowest BCUT2D eigenvalue weighted by molar-refractivity contribution is 0.109. The summed E-state index contributed by atoms with van der Waals surface area (Å²) in [5.41, 5.74) is 0.877. The fourth-order valence-corrected chi connectivity index (χ4v) is 2.39. The second kappa shape index (κ2) is 4.14. The number of pyridine rings is 1. The van der Waals surface area contributed by atoms with Gasteiger partial charge in [0.2, 0.25) is 0 Å². The molecule has 1 aliphatic heterocycles. The van der Waals surface area contributed by atoms with Crippen LogP contribution in [0.3, 0.4) is 0 Å². The molecule has 1 aliphatic rings. The molecule has 0 N–H and O–H groups in total. The number of halogens is 1. The molecular formula is C11H12BrN3O. The van der Waals surface area contributed by atoms with E-state index in [0.717, 1.165) is 41.8 Å². The van der Waals surface area contributed by atoms with Crippen LogP contribution in [0.1, 0.15) is 18.7 Å². The highest BCUT2D eigenvalue weighted by Crippen LogP contribution is 2.18. The Morgan fingerprint density at radius 2 is 2.44 bits per heavy atom. The van der Waals surface area contributed by atoms with Crippen LogP contribution in [0.25, 0.3) is 5.65 Å². The summed E-state index contributed by atoms with van der Waals surface area (Å²) in [7, 11) is 0. The summed E-state index contributed by atoms with van der Waals surface area (Å²) in [6.45, 7) is 0.882. The van der Waals surface area contributed by atoms with Crippen molar-refractivity contribution >= 4 is 21.6 Å². The number of nitrogens with zero attached hydrogens (tertiary/aromatic N) is 3. The molecule has 0 aromatic carbocycles. The molecule has 0 aliphatic carbocycles. The lowest BCUT2D eigenvalue weighted by atomic mass is 10.2. The predicted molar refractivity (Wildman–Crippen MR) is 63.4 cm³/mol. The fourth-order valence-electron chi connectivity index (χ4n) is 2.06. The second-order valence-electron chi connectivity index (χ2n) is 4.03. The molecule has 1 fully saturated rings. The number of ether oxygens (including phenoxy) is 1. The van der Waals surface area contributed by atoms with Crippen molar-refractivity contribution in [1.82, 2.24) is 14.6 Å². The van der Waals surface area contributed by atoms with E-state index >= 15 is 0 Å². The summed E-state index contributed by atoms with van der Waals surface area (Å²) in [6.07, 6.45) is 5.45. The van der Waals surface area contributed by atoms with Gasteiger partial charge in [0.05, 0.1) is 6.10 Å². The van der Waals surface area contributed by atoms with Crippen LogP contribution in [0.15, 0.2) is 22.8 Å².